The van der Waals surface area contributed by atoms with Gasteiger partial charge in [0.25, 0.3) is 11.8 Å². The van der Waals surface area contributed by atoms with E-state index in [1.807, 2.05) is 60.6 Å². The van der Waals surface area contributed by atoms with E-state index in [1.165, 1.54) is 4.90 Å². The minimum absolute atomic E-state index is 0.0336. The third-order valence-corrected chi connectivity index (χ3v) is 8.68. The number of carbonyl (C=O) groups excluding carboxylic acids is 1. The van der Waals surface area contributed by atoms with Crippen molar-refractivity contribution in [2.75, 3.05) is 19.7 Å². The molecule has 0 N–H and O–H groups in total. The van der Waals surface area contributed by atoms with Crippen LogP contribution >= 0.6 is 0 Å². The fourth-order valence-corrected chi connectivity index (χ4v) is 5.20. The van der Waals surface area contributed by atoms with E-state index in [2.05, 4.69) is 24.6 Å². The summed E-state index contributed by atoms with van der Waals surface area (Å²) in [7, 11) is -1.20. The summed E-state index contributed by atoms with van der Waals surface area (Å²) in [5.74, 6) is -2.22. The molecule has 3 heterocycles. The first-order chi connectivity index (χ1) is 17.8. The van der Waals surface area contributed by atoms with E-state index >= 15 is 0 Å². The van der Waals surface area contributed by atoms with Gasteiger partial charge in [-0.15, -0.1) is 0 Å². The number of ether oxygens (including phenoxy) is 1. The molecule has 1 fully saturated rings. The molecule has 7 nitrogen and oxygen atoms in total. The molecule has 1 aromatic carbocycles. The molecule has 1 amide bonds. The van der Waals surface area contributed by atoms with Crippen LogP contribution in [0.1, 0.15) is 48.8 Å². The third kappa shape index (κ3) is 6.58. The van der Waals surface area contributed by atoms with Crippen LogP contribution in [-0.2, 0) is 11.5 Å². The molecule has 0 spiro atoms. The Morgan fingerprint density at radius 3 is 2.50 bits per heavy atom. The lowest BCUT2D eigenvalue weighted by molar-refractivity contribution is -0.0494. The van der Waals surface area contributed by atoms with Gasteiger partial charge in [0.15, 0.2) is 0 Å². The van der Waals surface area contributed by atoms with Crippen LogP contribution in [0.3, 0.4) is 0 Å². The number of rotatable bonds is 9. The molecule has 0 unspecified atom stereocenters. The Morgan fingerprint density at radius 2 is 1.87 bits per heavy atom. The van der Waals surface area contributed by atoms with Gasteiger partial charge >= 0.3 is 0 Å². The zero-order valence-electron chi connectivity index (χ0n) is 23.3. The Labute approximate surface area is 224 Å². The second kappa shape index (κ2) is 11.1. The lowest BCUT2D eigenvalue weighted by Gasteiger charge is -2.32. The second-order valence-electron chi connectivity index (χ2n) is 11.7. The van der Waals surface area contributed by atoms with Crippen molar-refractivity contribution in [3.8, 4) is 22.6 Å². The number of likely N-dealkylation sites (tertiary alicyclic amines) is 1. The minimum Gasteiger partial charge on any atom is -0.361 e. The molecule has 1 aliphatic heterocycles. The van der Waals surface area contributed by atoms with E-state index in [4.69, 9.17) is 9.84 Å². The average molecular weight is 544 g/mol. The highest BCUT2D eigenvalue weighted by atomic mass is 28.3. The van der Waals surface area contributed by atoms with Crippen molar-refractivity contribution < 1.29 is 18.3 Å². The SMILES string of the molecule is Cc1cnc(-c2ccc(C(=O)N3CCC(F)(F)CC3)c(-c3ccn(C(C)C)n3)c2)n1COCC[Si](C)(C)C. The van der Waals surface area contributed by atoms with Gasteiger partial charge in [-0.05, 0) is 45.0 Å². The molecule has 206 valence electrons. The van der Waals surface area contributed by atoms with Crippen molar-refractivity contribution >= 4 is 14.0 Å². The van der Waals surface area contributed by atoms with Gasteiger partial charge in [-0.1, -0.05) is 25.7 Å². The molecule has 0 saturated carbocycles. The number of imidazole rings is 1. The fourth-order valence-electron chi connectivity index (χ4n) is 4.45. The molecule has 2 aromatic heterocycles. The van der Waals surface area contributed by atoms with E-state index < -0.39 is 14.0 Å². The van der Waals surface area contributed by atoms with E-state index in [0.717, 1.165) is 23.1 Å². The van der Waals surface area contributed by atoms with Gasteiger partial charge in [0.2, 0.25) is 0 Å². The summed E-state index contributed by atoms with van der Waals surface area (Å²) >= 11 is 0. The van der Waals surface area contributed by atoms with Crippen LogP contribution in [0.2, 0.25) is 25.7 Å². The van der Waals surface area contributed by atoms with Crippen molar-refractivity contribution in [2.45, 2.75) is 78.0 Å². The second-order valence-corrected chi connectivity index (χ2v) is 17.3. The van der Waals surface area contributed by atoms with Crippen LogP contribution in [-0.4, -0.2) is 63.8 Å². The van der Waals surface area contributed by atoms with Crippen LogP contribution in [0.15, 0.2) is 36.7 Å². The number of aryl methyl sites for hydroxylation is 1. The smallest absolute Gasteiger partial charge is 0.254 e. The number of carbonyl (C=O) groups is 1. The van der Waals surface area contributed by atoms with Gasteiger partial charge in [0, 0.05) is 81.4 Å². The molecular formula is C28H39F2N5O2Si. The number of amides is 1. The van der Waals surface area contributed by atoms with Crippen molar-refractivity contribution in [2.24, 2.45) is 0 Å². The van der Waals surface area contributed by atoms with Gasteiger partial charge < -0.3 is 14.2 Å². The summed E-state index contributed by atoms with van der Waals surface area (Å²) in [6.45, 7) is 14.2. The Hall–Kier alpha value is -2.85. The molecule has 1 saturated heterocycles. The largest absolute Gasteiger partial charge is 0.361 e. The summed E-state index contributed by atoms with van der Waals surface area (Å²) in [6.07, 6.45) is 3.07. The van der Waals surface area contributed by atoms with Crippen LogP contribution in [0.5, 0.6) is 0 Å². The topological polar surface area (TPSA) is 65.2 Å². The number of aromatic nitrogens is 4. The number of hydrogen-bond donors (Lipinski definition) is 0. The maximum Gasteiger partial charge on any atom is 0.254 e. The predicted octanol–water partition coefficient (Wildman–Crippen LogP) is 6.49. The first-order valence-corrected chi connectivity index (χ1v) is 17.0. The number of hydrogen-bond acceptors (Lipinski definition) is 4. The van der Waals surface area contributed by atoms with Gasteiger partial charge in [-0.25, -0.2) is 13.8 Å². The normalized spacial score (nSPS) is 15.9. The summed E-state index contributed by atoms with van der Waals surface area (Å²) in [5, 5.41) is 4.72. The molecule has 0 radical (unpaired) electrons. The molecule has 3 aromatic rings. The molecule has 4 rings (SSSR count). The first kappa shape index (κ1) is 28.2. The van der Waals surface area contributed by atoms with Gasteiger partial charge in [0.05, 0.1) is 5.69 Å². The van der Waals surface area contributed by atoms with Gasteiger partial charge in [-0.2, -0.15) is 5.10 Å². The van der Waals surface area contributed by atoms with E-state index in [-0.39, 0.29) is 37.9 Å². The lowest BCUT2D eigenvalue weighted by Crippen LogP contribution is -2.42. The average Bonchev–Trinajstić information content (AvgIpc) is 3.48. The molecule has 38 heavy (non-hydrogen) atoms. The Balaban J connectivity index is 1.67. The highest BCUT2D eigenvalue weighted by molar-refractivity contribution is 6.76. The molecule has 0 atom stereocenters. The van der Waals surface area contributed by atoms with Crippen LogP contribution in [0, 0.1) is 6.92 Å². The lowest BCUT2D eigenvalue weighted by atomic mass is 9.98. The van der Waals surface area contributed by atoms with E-state index in [1.54, 1.807) is 6.07 Å². The Bertz CT molecular complexity index is 1270. The molecule has 1 aliphatic rings. The predicted molar refractivity (Wildman–Crippen MR) is 148 cm³/mol. The molecule has 0 bridgehead atoms. The van der Waals surface area contributed by atoms with E-state index in [0.29, 0.717) is 30.2 Å². The summed E-state index contributed by atoms with van der Waals surface area (Å²) in [5.41, 5.74) is 3.59. The van der Waals surface area contributed by atoms with Crippen molar-refractivity contribution in [3.05, 3.63) is 47.9 Å². The number of piperidine rings is 1. The number of benzene rings is 1. The molecule has 10 heteroatoms. The minimum atomic E-state index is -2.72. The Kier molecular flexibility index (Phi) is 8.22. The standard InChI is InChI=1S/C28H39F2N5O2Si/c1-20(2)35-12-9-25(32-35)24-17-22(7-8-23(24)27(36)33-13-10-28(29,30)11-14-33)26-31-18-21(3)34(26)19-37-15-16-38(4,5)6/h7-9,12,17-18,20H,10-11,13-16,19H2,1-6H3. The van der Waals surface area contributed by atoms with Crippen molar-refractivity contribution in [1.29, 1.82) is 0 Å². The zero-order valence-corrected chi connectivity index (χ0v) is 24.3. The van der Waals surface area contributed by atoms with E-state index in [9.17, 15) is 13.6 Å². The molecular weight excluding hydrogens is 504 g/mol. The van der Waals surface area contributed by atoms with Crippen LogP contribution < -0.4 is 0 Å². The highest BCUT2D eigenvalue weighted by Gasteiger charge is 2.36. The zero-order chi connectivity index (χ0) is 27.7. The van der Waals surface area contributed by atoms with Gasteiger partial charge in [0.1, 0.15) is 12.6 Å². The van der Waals surface area contributed by atoms with Crippen molar-refractivity contribution in [3.63, 3.8) is 0 Å². The van der Waals surface area contributed by atoms with Gasteiger partial charge in [-0.3, -0.25) is 9.48 Å². The number of alkyl halides is 2. The monoisotopic (exact) mass is 543 g/mol. The number of halogens is 2. The summed E-state index contributed by atoms with van der Waals surface area (Å²) < 4.78 is 37.4. The van der Waals surface area contributed by atoms with Crippen LogP contribution in [0.4, 0.5) is 8.78 Å². The van der Waals surface area contributed by atoms with Crippen molar-refractivity contribution in [1.82, 2.24) is 24.2 Å². The maximum absolute atomic E-state index is 13.7. The fraction of sp³-hybridized carbons (Fsp3) is 0.536. The highest BCUT2D eigenvalue weighted by Crippen LogP contribution is 2.33. The third-order valence-electron chi connectivity index (χ3n) is 6.98. The molecule has 0 aliphatic carbocycles. The number of nitrogens with zero attached hydrogens (tertiary/aromatic N) is 5. The summed E-state index contributed by atoms with van der Waals surface area (Å²) in [6, 6.07) is 8.70. The summed E-state index contributed by atoms with van der Waals surface area (Å²) in [4.78, 5) is 19.7. The first-order valence-electron chi connectivity index (χ1n) is 13.3. The Morgan fingerprint density at radius 1 is 1.16 bits per heavy atom. The van der Waals surface area contributed by atoms with Crippen LogP contribution in [0.25, 0.3) is 22.6 Å². The maximum atomic E-state index is 13.7. The quantitative estimate of drug-likeness (QED) is 0.229.